The average molecular weight is 355 g/mol. The average Bonchev–Trinajstić information content (AvgIpc) is 2.62. The molecule has 0 radical (unpaired) electrons. The van der Waals surface area contributed by atoms with Crippen molar-refractivity contribution in [1.29, 1.82) is 0 Å². The topological polar surface area (TPSA) is 101 Å². The van der Waals surface area contributed by atoms with E-state index in [1.54, 1.807) is 12.1 Å². The molecule has 6 nitrogen and oxygen atoms in total. The number of aryl methyl sites for hydroxylation is 2. The van der Waals surface area contributed by atoms with Crippen molar-refractivity contribution in [3.8, 4) is 0 Å². The molecule has 0 fully saturated rings. The van der Waals surface area contributed by atoms with Gasteiger partial charge in [0.2, 0.25) is 18.2 Å². The molecular formula is C20H25N3O3. The summed E-state index contributed by atoms with van der Waals surface area (Å²) in [6.45, 7) is 4.49. The Morgan fingerprint density at radius 2 is 1.50 bits per heavy atom. The van der Waals surface area contributed by atoms with Gasteiger partial charge in [-0.25, -0.2) is 0 Å². The second kappa shape index (κ2) is 11.4. The van der Waals surface area contributed by atoms with Gasteiger partial charge in [0.15, 0.2) is 0 Å². The summed E-state index contributed by atoms with van der Waals surface area (Å²) in [5, 5.41) is 5.31. The van der Waals surface area contributed by atoms with Crippen molar-refractivity contribution in [3.05, 3.63) is 65.2 Å². The minimum Gasteiger partial charge on any atom is -0.366 e. The lowest BCUT2D eigenvalue weighted by molar-refractivity contribution is -0.116. The molecule has 0 aromatic heterocycles. The number of carbonyl (C=O) groups excluding carboxylic acids is 3. The van der Waals surface area contributed by atoms with E-state index in [-0.39, 0.29) is 11.8 Å². The molecule has 2 aromatic rings. The number of hydrogen-bond donors (Lipinski definition) is 3. The number of nitrogens with two attached hydrogens (primary N) is 1. The summed E-state index contributed by atoms with van der Waals surface area (Å²) in [6.07, 6.45) is 1.70. The molecule has 4 N–H and O–H groups in total. The summed E-state index contributed by atoms with van der Waals surface area (Å²) in [5.41, 5.74) is 8.68. The van der Waals surface area contributed by atoms with Crippen molar-refractivity contribution in [2.45, 2.75) is 26.7 Å². The molecule has 3 amide bonds. The SMILES string of the molecule is Cc1ccc(C(N)=O)cc1.Cc1ccc(NC(=O)CCCNC=O)cc1. The summed E-state index contributed by atoms with van der Waals surface area (Å²) in [7, 11) is 0. The van der Waals surface area contributed by atoms with Gasteiger partial charge in [0.25, 0.3) is 0 Å². The van der Waals surface area contributed by atoms with Gasteiger partial charge in [-0.3, -0.25) is 14.4 Å². The maximum atomic E-state index is 11.4. The molecule has 0 atom stereocenters. The molecule has 26 heavy (non-hydrogen) atoms. The van der Waals surface area contributed by atoms with E-state index in [0.29, 0.717) is 31.4 Å². The minimum absolute atomic E-state index is 0.0310. The van der Waals surface area contributed by atoms with Gasteiger partial charge >= 0.3 is 0 Å². The smallest absolute Gasteiger partial charge is 0.248 e. The molecule has 0 saturated heterocycles. The van der Waals surface area contributed by atoms with E-state index in [1.165, 1.54) is 0 Å². The fraction of sp³-hybridized carbons (Fsp3) is 0.250. The molecule has 0 saturated carbocycles. The van der Waals surface area contributed by atoms with Gasteiger partial charge in [-0.1, -0.05) is 35.4 Å². The number of nitrogens with one attached hydrogen (secondary N) is 2. The first-order valence-electron chi connectivity index (χ1n) is 8.32. The third kappa shape index (κ3) is 8.63. The molecule has 0 spiro atoms. The summed E-state index contributed by atoms with van der Waals surface area (Å²) in [4.78, 5) is 31.9. The van der Waals surface area contributed by atoms with Crippen molar-refractivity contribution in [2.24, 2.45) is 5.73 Å². The number of carbonyl (C=O) groups is 3. The first kappa shape index (κ1) is 20.9. The Morgan fingerprint density at radius 1 is 0.962 bits per heavy atom. The van der Waals surface area contributed by atoms with Crippen molar-refractivity contribution in [3.63, 3.8) is 0 Å². The van der Waals surface area contributed by atoms with E-state index in [2.05, 4.69) is 10.6 Å². The highest BCUT2D eigenvalue weighted by molar-refractivity contribution is 5.92. The molecule has 0 aliphatic rings. The van der Waals surface area contributed by atoms with Crippen LogP contribution in [0.25, 0.3) is 0 Å². The Hall–Kier alpha value is -3.15. The van der Waals surface area contributed by atoms with Crippen LogP contribution in [0.2, 0.25) is 0 Å². The molecule has 0 heterocycles. The highest BCUT2D eigenvalue weighted by Crippen LogP contribution is 2.09. The van der Waals surface area contributed by atoms with Crippen molar-refractivity contribution in [2.75, 3.05) is 11.9 Å². The Morgan fingerprint density at radius 3 is 2.00 bits per heavy atom. The first-order valence-corrected chi connectivity index (χ1v) is 8.32. The number of amides is 3. The zero-order valence-electron chi connectivity index (χ0n) is 15.1. The van der Waals surface area contributed by atoms with Crippen molar-refractivity contribution >= 4 is 23.9 Å². The van der Waals surface area contributed by atoms with Gasteiger partial charge in [0.1, 0.15) is 0 Å². The normalized spacial score (nSPS) is 9.46. The van der Waals surface area contributed by atoms with E-state index in [1.807, 2.05) is 50.2 Å². The van der Waals surface area contributed by atoms with Gasteiger partial charge in [-0.05, 0) is 44.5 Å². The highest BCUT2D eigenvalue weighted by Gasteiger charge is 2.01. The Balaban J connectivity index is 0.000000289. The Bertz CT molecular complexity index is 710. The first-order chi connectivity index (χ1) is 12.4. The molecule has 6 heteroatoms. The van der Waals surface area contributed by atoms with Crippen LogP contribution in [0.5, 0.6) is 0 Å². The number of primary amides is 1. The lowest BCUT2D eigenvalue weighted by Crippen LogP contribution is -2.16. The van der Waals surface area contributed by atoms with Crippen LogP contribution >= 0.6 is 0 Å². The van der Waals surface area contributed by atoms with E-state index >= 15 is 0 Å². The van der Waals surface area contributed by atoms with E-state index in [0.717, 1.165) is 16.8 Å². The van der Waals surface area contributed by atoms with Gasteiger partial charge in [0.05, 0.1) is 0 Å². The lowest BCUT2D eigenvalue weighted by Gasteiger charge is -2.05. The zero-order chi connectivity index (χ0) is 19.4. The molecule has 2 rings (SSSR count). The number of hydrogen-bond acceptors (Lipinski definition) is 3. The molecule has 0 aliphatic carbocycles. The van der Waals surface area contributed by atoms with Crippen LogP contribution in [0.1, 0.15) is 34.3 Å². The van der Waals surface area contributed by atoms with Crippen LogP contribution < -0.4 is 16.4 Å². The predicted molar refractivity (Wildman–Crippen MR) is 103 cm³/mol. The standard InChI is InChI=1S/C12H16N2O2.C8H9NO/c1-10-4-6-11(7-5-10)14-12(16)3-2-8-13-9-15;1-6-2-4-7(5-3-6)8(9)10/h4-7,9H,2-3,8H2,1H3,(H,13,15)(H,14,16);2-5H,1H3,(H2,9,10). The number of rotatable bonds is 7. The quantitative estimate of drug-likeness (QED) is 0.525. The monoisotopic (exact) mass is 355 g/mol. The number of anilines is 1. The van der Waals surface area contributed by atoms with E-state index in [9.17, 15) is 14.4 Å². The van der Waals surface area contributed by atoms with Gasteiger partial charge in [-0.2, -0.15) is 0 Å². The van der Waals surface area contributed by atoms with Gasteiger partial charge in [0, 0.05) is 24.2 Å². The van der Waals surface area contributed by atoms with Crippen LogP contribution in [0.3, 0.4) is 0 Å². The maximum Gasteiger partial charge on any atom is 0.248 e. The van der Waals surface area contributed by atoms with E-state index < -0.39 is 0 Å². The van der Waals surface area contributed by atoms with Crippen LogP contribution in [0.4, 0.5) is 5.69 Å². The van der Waals surface area contributed by atoms with Crippen molar-refractivity contribution < 1.29 is 14.4 Å². The summed E-state index contributed by atoms with van der Waals surface area (Å²) in [6, 6.07) is 14.8. The molecule has 0 unspecified atom stereocenters. The Kier molecular flexibility index (Phi) is 9.17. The third-order valence-electron chi connectivity index (χ3n) is 3.48. The fourth-order valence-corrected chi connectivity index (χ4v) is 1.99. The fourth-order valence-electron chi connectivity index (χ4n) is 1.99. The van der Waals surface area contributed by atoms with Crippen LogP contribution in [0.15, 0.2) is 48.5 Å². The molecular weight excluding hydrogens is 330 g/mol. The van der Waals surface area contributed by atoms with Gasteiger partial charge in [-0.15, -0.1) is 0 Å². The number of benzene rings is 2. The van der Waals surface area contributed by atoms with Crippen LogP contribution in [0, 0.1) is 13.8 Å². The van der Waals surface area contributed by atoms with Crippen molar-refractivity contribution in [1.82, 2.24) is 5.32 Å². The summed E-state index contributed by atoms with van der Waals surface area (Å²) >= 11 is 0. The molecule has 0 bridgehead atoms. The van der Waals surface area contributed by atoms with Gasteiger partial charge < -0.3 is 16.4 Å². The predicted octanol–water partition coefficient (Wildman–Crippen LogP) is 2.55. The minimum atomic E-state index is -0.375. The molecule has 0 aliphatic heterocycles. The second-order valence-corrected chi connectivity index (χ2v) is 5.82. The van der Waals surface area contributed by atoms with Crippen LogP contribution in [-0.4, -0.2) is 24.8 Å². The zero-order valence-corrected chi connectivity index (χ0v) is 15.1. The summed E-state index contributed by atoms with van der Waals surface area (Å²) < 4.78 is 0. The molecule has 138 valence electrons. The summed E-state index contributed by atoms with van der Waals surface area (Å²) in [5.74, 6) is -0.406. The van der Waals surface area contributed by atoms with E-state index in [4.69, 9.17) is 5.73 Å². The third-order valence-corrected chi connectivity index (χ3v) is 3.48. The highest BCUT2D eigenvalue weighted by atomic mass is 16.2. The largest absolute Gasteiger partial charge is 0.366 e. The lowest BCUT2D eigenvalue weighted by atomic mass is 10.1. The second-order valence-electron chi connectivity index (χ2n) is 5.82. The van der Waals surface area contributed by atoms with Crippen LogP contribution in [-0.2, 0) is 9.59 Å². The molecule has 2 aromatic carbocycles. The Labute approximate surface area is 153 Å². The maximum absolute atomic E-state index is 11.4.